The van der Waals surface area contributed by atoms with Crippen molar-refractivity contribution in [2.24, 2.45) is 16.6 Å². The van der Waals surface area contributed by atoms with E-state index in [2.05, 4.69) is 5.16 Å². The molecular formula is C27H27N3O6. The predicted molar refractivity (Wildman–Crippen MR) is 135 cm³/mol. The fourth-order valence-electron chi connectivity index (χ4n) is 3.10. The molecule has 9 nitrogen and oxygen atoms in total. The van der Waals surface area contributed by atoms with Crippen molar-refractivity contribution in [2.75, 3.05) is 13.7 Å². The Labute approximate surface area is 208 Å². The van der Waals surface area contributed by atoms with Gasteiger partial charge in [0.2, 0.25) is 0 Å². The van der Waals surface area contributed by atoms with Crippen LogP contribution in [0.3, 0.4) is 0 Å². The Bertz CT molecular complexity index is 1270. The van der Waals surface area contributed by atoms with Crippen molar-refractivity contribution in [1.82, 2.24) is 0 Å². The molecule has 0 aliphatic rings. The van der Waals surface area contributed by atoms with Crippen molar-refractivity contribution >= 4 is 23.8 Å². The third kappa shape index (κ3) is 7.91. The van der Waals surface area contributed by atoms with Crippen molar-refractivity contribution in [3.63, 3.8) is 0 Å². The van der Waals surface area contributed by atoms with E-state index in [4.69, 9.17) is 30.5 Å². The summed E-state index contributed by atoms with van der Waals surface area (Å²) in [5.41, 5.74) is 14.1. The lowest BCUT2D eigenvalue weighted by atomic mass is 10.1. The molecule has 0 unspecified atom stereocenters. The van der Waals surface area contributed by atoms with E-state index < -0.39 is 11.9 Å². The Hall–Kier alpha value is -4.79. The molecule has 0 radical (unpaired) electrons. The predicted octanol–water partition coefficient (Wildman–Crippen LogP) is 3.32. The quantitative estimate of drug-likeness (QED) is 0.139. The van der Waals surface area contributed by atoms with Crippen LogP contribution >= 0.6 is 0 Å². The van der Waals surface area contributed by atoms with Crippen molar-refractivity contribution < 1.29 is 28.6 Å². The Kier molecular flexibility index (Phi) is 9.05. The second-order valence-corrected chi connectivity index (χ2v) is 7.68. The van der Waals surface area contributed by atoms with Gasteiger partial charge in [-0.1, -0.05) is 23.4 Å². The summed E-state index contributed by atoms with van der Waals surface area (Å²) in [5.74, 6) is 0.580. The molecule has 1 amide bonds. The molecule has 0 bridgehead atoms. The normalized spacial score (nSPS) is 11.2. The highest BCUT2D eigenvalue weighted by molar-refractivity contribution is 5.98. The van der Waals surface area contributed by atoms with E-state index >= 15 is 0 Å². The van der Waals surface area contributed by atoms with E-state index in [1.807, 2.05) is 37.3 Å². The van der Waals surface area contributed by atoms with Crippen molar-refractivity contribution in [1.29, 1.82) is 0 Å². The van der Waals surface area contributed by atoms with Gasteiger partial charge in [-0.2, -0.15) is 0 Å². The molecule has 3 rings (SSSR count). The van der Waals surface area contributed by atoms with Crippen LogP contribution in [0.15, 0.2) is 78.0 Å². The van der Waals surface area contributed by atoms with Gasteiger partial charge in [0.1, 0.15) is 23.9 Å². The molecule has 0 saturated heterocycles. The summed E-state index contributed by atoms with van der Waals surface area (Å²) in [4.78, 5) is 27.8. The minimum atomic E-state index is -0.701. The zero-order valence-corrected chi connectivity index (χ0v) is 20.0. The summed E-state index contributed by atoms with van der Waals surface area (Å²) in [6.07, 6.45) is 2.83. The number of hydrogen-bond donors (Lipinski definition) is 2. The number of methoxy groups -OCH3 is 1. The zero-order chi connectivity index (χ0) is 25.9. The van der Waals surface area contributed by atoms with Gasteiger partial charge in [0.25, 0.3) is 5.91 Å². The number of nitrogens with zero attached hydrogens (tertiary/aromatic N) is 1. The van der Waals surface area contributed by atoms with Crippen molar-refractivity contribution in [3.05, 3.63) is 95.1 Å². The number of rotatable bonds is 11. The van der Waals surface area contributed by atoms with Crippen LogP contribution in [0.1, 0.15) is 22.3 Å². The Morgan fingerprint density at radius 1 is 0.944 bits per heavy atom. The summed E-state index contributed by atoms with van der Waals surface area (Å²) in [5, 5.41) is 3.66. The summed E-state index contributed by atoms with van der Waals surface area (Å²) < 4.78 is 16.5. The fraction of sp³-hybridized carbons (Fsp3) is 0.148. The number of hydrogen-bond acceptors (Lipinski definition) is 7. The lowest BCUT2D eigenvalue weighted by molar-refractivity contribution is -0.137. The van der Waals surface area contributed by atoms with Crippen LogP contribution in [-0.2, 0) is 21.0 Å². The van der Waals surface area contributed by atoms with Gasteiger partial charge in [-0.05, 0) is 72.7 Å². The molecule has 0 fully saturated rings. The standard InChI is InChI=1S/C27H27N3O6/c1-18-4-3-5-23(14-18)34-16-21-15-19(6-12-24(21)33-2)7-13-26(32)36-30-27(29)20-8-10-22(11-9-20)35-17-25(28)31/h3-15H,16-17H2,1-2H3,(H2,28,31)(H2,29,30)/b13-7-. The number of nitrogens with two attached hydrogens (primary N) is 2. The SMILES string of the molecule is COc1ccc(/C=C\C(=O)O/N=C(\N)c2ccc(OCC(N)=O)cc2)cc1COc1cccc(C)c1. The number of primary amides is 1. The van der Waals surface area contributed by atoms with Gasteiger partial charge in [-0.25, -0.2) is 4.79 Å². The van der Waals surface area contributed by atoms with Crippen molar-refractivity contribution in [2.45, 2.75) is 13.5 Å². The molecule has 4 N–H and O–H groups in total. The molecule has 9 heteroatoms. The summed E-state index contributed by atoms with van der Waals surface area (Å²) >= 11 is 0. The Balaban J connectivity index is 1.59. The summed E-state index contributed by atoms with van der Waals surface area (Å²) in [6, 6.07) is 19.6. The molecule has 0 atom stereocenters. The molecule has 3 aromatic carbocycles. The maximum atomic E-state index is 12.1. The minimum Gasteiger partial charge on any atom is -0.496 e. The highest BCUT2D eigenvalue weighted by Gasteiger charge is 2.07. The van der Waals surface area contributed by atoms with E-state index in [0.717, 1.165) is 22.4 Å². The molecule has 0 aromatic heterocycles. The molecular weight excluding hydrogens is 462 g/mol. The third-order valence-corrected chi connectivity index (χ3v) is 4.87. The number of oxime groups is 1. The van der Waals surface area contributed by atoms with Gasteiger partial charge in [-0.15, -0.1) is 0 Å². The minimum absolute atomic E-state index is 0.00164. The molecule has 0 heterocycles. The first kappa shape index (κ1) is 25.8. The monoisotopic (exact) mass is 489 g/mol. The first-order valence-electron chi connectivity index (χ1n) is 10.9. The van der Waals surface area contributed by atoms with E-state index in [1.165, 1.54) is 6.08 Å². The number of amidine groups is 1. The lowest BCUT2D eigenvalue weighted by Crippen LogP contribution is -2.20. The zero-order valence-electron chi connectivity index (χ0n) is 20.0. The molecule has 36 heavy (non-hydrogen) atoms. The lowest BCUT2D eigenvalue weighted by Gasteiger charge is -2.11. The number of ether oxygens (including phenoxy) is 3. The van der Waals surface area contributed by atoms with Crippen molar-refractivity contribution in [3.8, 4) is 17.2 Å². The van der Waals surface area contributed by atoms with Gasteiger partial charge in [-0.3, -0.25) is 4.79 Å². The first-order chi connectivity index (χ1) is 17.3. The average Bonchev–Trinajstić information content (AvgIpc) is 2.88. The number of aryl methyl sites for hydroxylation is 1. The highest BCUT2D eigenvalue weighted by atomic mass is 16.7. The fourth-order valence-corrected chi connectivity index (χ4v) is 3.10. The molecule has 0 aliphatic carbocycles. The maximum Gasteiger partial charge on any atom is 0.358 e. The molecule has 0 saturated carbocycles. The van der Waals surface area contributed by atoms with Crippen LogP contribution in [0.4, 0.5) is 0 Å². The Morgan fingerprint density at radius 3 is 2.42 bits per heavy atom. The second kappa shape index (κ2) is 12.6. The van der Waals surface area contributed by atoms with Gasteiger partial charge in [0, 0.05) is 17.2 Å². The largest absolute Gasteiger partial charge is 0.496 e. The average molecular weight is 490 g/mol. The van der Waals surface area contributed by atoms with Gasteiger partial charge in [0.15, 0.2) is 12.4 Å². The van der Waals surface area contributed by atoms with Gasteiger partial charge in [0.05, 0.1) is 7.11 Å². The van der Waals surface area contributed by atoms with Crippen LogP contribution in [0.5, 0.6) is 17.2 Å². The number of carbonyl (C=O) groups excluding carboxylic acids is 2. The second-order valence-electron chi connectivity index (χ2n) is 7.68. The number of carbonyl (C=O) groups is 2. The van der Waals surface area contributed by atoms with Crippen LogP contribution in [0.25, 0.3) is 6.08 Å². The summed E-state index contributed by atoms with van der Waals surface area (Å²) in [6.45, 7) is 2.06. The Morgan fingerprint density at radius 2 is 1.72 bits per heavy atom. The van der Waals surface area contributed by atoms with E-state index in [0.29, 0.717) is 23.7 Å². The molecule has 186 valence electrons. The van der Waals surface area contributed by atoms with Crippen LogP contribution < -0.4 is 25.7 Å². The first-order valence-corrected chi connectivity index (χ1v) is 10.9. The van der Waals surface area contributed by atoms with E-state index in [-0.39, 0.29) is 12.4 Å². The van der Waals surface area contributed by atoms with Gasteiger partial charge >= 0.3 is 5.97 Å². The highest BCUT2D eigenvalue weighted by Crippen LogP contribution is 2.23. The molecule has 0 aliphatic heterocycles. The van der Waals surface area contributed by atoms with Crippen LogP contribution in [0, 0.1) is 6.92 Å². The number of benzene rings is 3. The molecule has 0 spiro atoms. The van der Waals surface area contributed by atoms with Gasteiger partial charge < -0.3 is 30.5 Å². The topological polar surface area (TPSA) is 135 Å². The van der Waals surface area contributed by atoms with Crippen LogP contribution in [0.2, 0.25) is 0 Å². The smallest absolute Gasteiger partial charge is 0.358 e. The molecule has 3 aromatic rings. The number of amides is 1. The maximum absolute atomic E-state index is 12.1. The third-order valence-electron chi connectivity index (χ3n) is 4.87. The van der Waals surface area contributed by atoms with E-state index in [1.54, 1.807) is 49.6 Å². The van der Waals surface area contributed by atoms with E-state index in [9.17, 15) is 9.59 Å². The summed E-state index contributed by atoms with van der Waals surface area (Å²) in [7, 11) is 1.59. The van der Waals surface area contributed by atoms with Crippen LogP contribution in [-0.4, -0.2) is 31.4 Å².